The average Bonchev–Trinajstić information content (AvgIpc) is 3.23. The first-order chi connectivity index (χ1) is 17.7. The summed E-state index contributed by atoms with van der Waals surface area (Å²) in [6.45, 7) is 9.53. The number of nitrogens with zero attached hydrogens (tertiary/aromatic N) is 2. The predicted octanol–water partition coefficient (Wildman–Crippen LogP) is 3.23. The lowest BCUT2D eigenvalue weighted by Gasteiger charge is -2.64. The Morgan fingerprint density at radius 1 is 1.27 bits per heavy atom. The van der Waals surface area contributed by atoms with Gasteiger partial charge in [-0.15, -0.1) is 6.58 Å². The number of carbonyl (C=O) groups excluding carboxylic acids is 1. The fourth-order valence-electron chi connectivity index (χ4n) is 7.57. The van der Waals surface area contributed by atoms with Crippen molar-refractivity contribution in [2.45, 2.75) is 68.7 Å². The Hall–Kier alpha value is -3.27. The van der Waals surface area contributed by atoms with Crippen LogP contribution in [0.5, 0.6) is 11.5 Å². The van der Waals surface area contributed by atoms with Crippen LogP contribution in [-0.2, 0) is 16.6 Å². The predicted molar refractivity (Wildman–Crippen MR) is 142 cm³/mol. The van der Waals surface area contributed by atoms with Crippen LogP contribution in [0.3, 0.4) is 0 Å². The van der Waals surface area contributed by atoms with E-state index in [9.17, 15) is 15.0 Å². The molecule has 1 amide bonds. The molecule has 2 aliphatic heterocycles. The molecule has 6 rings (SSSR count). The van der Waals surface area contributed by atoms with Crippen LogP contribution in [0.15, 0.2) is 43.0 Å². The lowest BCUT2D eigenvalue weighted by atomic mass is 9.48. The van der Waals surface area contributed by atoms with Crippen LogP contribution in [0.2, 0.25) is 0 Å². The van der Waals surface area contributed by atoms with Crippen molar-refractivity contribution in [3.63, 3.8) is 0 Å². The molecule has 1 spiro atoms. The molecule has 0 unspecified atom stereocenters. The molecule has 2 bridgehead atoms. The summed E-state index contributed by atoms with van der Waals surface area (Å²) in [5.41, 5.74) is 3.50. The molecule has 0 radical (unpaired) electrons. The zero-order valence-corrected chi connectivity index (χ0v) is 21.8. The Labute approximate surface area is 218 Å². The maximum atomic E-state index is 13.3. The van der Waals surface area contributed by atoms with Crippen molar-refractivity contribution in [1.29, 1.82) is 0 Å². The number of piperidine rings is 1. The van der Waals surface area contributed by atoms with Gasteiger partial charge in [-0.1, -0.05) is 24.1 Å². The van der Waals surface area contributed by atoms with E-state index in [0.717, 1.165) is 28.8 Å². The number of ether oxygens (including phenoxy) is 1. The quantitative estimate of drug-likeness (QED) is 0.502. The van der Waals surface area contributed by atoms with Gasteiger partial charge < -0.3 is 19.8 Å². The molecule has 6 heteroatoms. The number of aromatic hydroxyl groups is 1. The van der Waals surface area contributed by atoms with E-state index in [1.165, 1.54) is 5.56 Å². The van der Waals surface area contributed by atoms with Gasteiger partial charge in [-0.2, -0.15) is 0 Å². The minimum atomic E-state index is -1.02. The molecule has 6 nitrogen and oxygen atoms in total. The highest BCUT2D eigenvalue weighted by molar-refractivity contribution is 5.94. The van der Waals surface area contributed by atoms with Crippen LogP contribution in [-0.4, -0.2) is 69.8 Å². The molecule has 2 fully saturated rings. The van der Waals surface area contributed by atoms with Gasteiger partial charge in [-0.25, -0.2) is 0 Å². The van der Waals surface area contributed by atoms with Crippen molar-refractivity contribution >= 4 is 5.91 Å². The number of likely N-dealkylation sites (N-methyl/N-ethyl adjacent to an activating group) is 1. The number of hydrogen-bond acceptors (Lipinski definition) is 5. The minimum Gasteiger partial charge on any atom is -0.504 e. The molecule has 2 N–H and O–H groups in total. The first-order valence-corrected chi connectivity index (χ1v) is 13.2. The number of carbonyl (C=O) groups is 1. The Kier molecular flexibility index (Phi) is 5.45. The monoisotopic (exact) mass is 498 g/mol. The van der Waals surface area contributed by atoms with E-state index in [1.54, 1.807) is 18.0 Å². The van der Waals surface area contributed by atoms with E-state index in [2.05, 4.69) is 30.2 Å². The molecule has 0 aromatic heterocycles. The molecule has 1 saturated heterocycles. The summed E-state index contributed by atoms with van der Waals surface area (Å²) in [5.74, 6) is 6.16. The van der Waals surface area contributed by atoms with Crippen LogP contribution in [0, 0.1) is 25.7 Å². The number of rotatable bonds is 3. The number of phenolic OH excluding ortho intramolecular Hbond substituents is 1. The number of benzene rings is 2. The highest BCUT2D eigenvalue weighted by Crippen LogP contribution is 2.65. The molecule has 192 valence electrons. The SMILES string of the molecule is C=CCN1CC[C@]23c4c5ccc(O)c4O[C@H]2[C@@H](N(C)C(=O)C#Cc2ccc(C)c(C)c2)CC[C@@]3(O)[C@H]1C5. The lowest BCUT2D eigenvalue weighted by Crippen LogP contribution is -2.78. The van der Waals surface area contributed by atoms with Crippen LogP contribution in [0.25, 0.3) is 0 Å². The molecule has 2 aromatic rings. The van der Waals surface area contributed by atoms with Crippen LogP contribution < -0.4 is 4.74 Å². The van der Waals surface area contributed by atoms with Gasteiger partial charge in [0.2, 0.25) is 0 Å². The van der Waals surface area contributed by atoms with E-state index in [-0.39, 0.29) is 23.7 Å². The Balaban J connectivity index is 1.38. The Morgan fingerprint density at radius 2 is 2.08 bits per heavy atom. The molecule has 4 aliphatic rings. The number of phenols is 1. The van der Waals surface area contributed by atoms with E-state index in [4.69, 9.17) is 4.74 Å². The molecule has 2 aromatic carbocycles. The summed E-state index contributed by atoms with van der Waals surface area (Å²) in [4.78, 5) is 17.3. The molecule has 2 heterocycles. The first-order valence-electron chi connectivity index (χ1n) is 13.2. The van der Waals surface area contributed by atoms with E-state index in [1.807, 2.05) is 37.3 Å². The average molecular weight is 499 g/mol. The van der Waals surface area contributed by atoms with Crippen molar-refractivity contribution in [1.82, 2.24) is 9.80 Å². The molecular formula is C31H34N2O4. The zero-order valence-electron chi connectivity index (χ0n) is 21.8. The molecule has 2 aliphatic carbocycles. The van der Waals surface area contributed by atoms with Gasteiger partial charge in [0, 0.05) is 36.7 Å². The number of likely N-dealkylation sites (tertiary alicyclic amines) is 1. The van der Waals surface area contributed by atoms with Crippen LogP contribution >= 0.6 is 0 Å². The van der Waals surface area contributed by atoms with E-state index >= 15 is 0 Å². The normalized spacial score (nSPS) is 31.0. The van der Waals surface area contributed by atoms with E-state index in [0.29, 0.717) is 38.0 Å². The summed E-state index contributed by atoms with van der Waals surface area (Å²) in [6, 6.07) is 9.27. The Bertz CT molecular complexity index is 1370. The van der Waals surface area contributed by atoms with Crippen molar-refractivity contribution in [3.8, 4) is 23.3 Å². The van der Waals surface area contributed by atoms with Crippen LogP contribution in [0.4, 0.5) is 0 Å². The van der Waals surface area contributed by atoms with Gasteiger partial charge >= 0.3 is 0 Å². The van der Waals surface area contributed by atoms with Crippen molar-refractivity contribution in [3.05, 3.63) is 70.8 Å². The topological polar surface area (TPSA) is 73.2 Å². The number of aryl methyl sites for hydroxylation is 2. The van der Waals surface area contributed by atoms with Gasteiger partial charge in [0.25, 0.3) is 5.91 Å². The third-order valence-electron chi connectivity index (χ3n) is 9.54. The van der Waals surface area contributed by atoms with E-state index < -0.39 is 17.1 Å². The fourth-order valence-corrected chi connectivity index (χ4v) is 7.57. The third kappa shape index (κ3) is 3.24. The first kappa shape index (κ1) is 24.1. The van der Waals surface area contributed by atoms with Gasteiger partial charge in [0.15, 0.2) is 11.5 Å². The summed E-state index contributed by atoms with van der Waals surface area (Å²) in [6.07, 6.45) is 3.97. The highest BCUT2D eigenvalue weighted by Gasteiger charge is 2.73. The number of aliphatic hydroxyl groups is 1. The van der Waals surface area contributed by atoms with Crippen molar-refractivity contribution in [2.24, 2.45) is 0 Å². The summed E-state index contributed by atoms with van der Waals surface area (Å²) >= 11 is 0. The highest BCUT2D eigenvalue weighted by atomic mass is 16.5. The van der Waals surface area contributed by atoms with Gasteiger partial charge in [-0.3, -0.25) is 9.69 Å². The maximum absolute atomic E-state index is 13.3. The number of hydrogen-bond donors (Lipinski definition) is 2. The smallest absolute Gasteiger partial charge is 0.298 e. The maximum Gasteiger partial charge on any atom is 0.298 e. The Morgan fingerprint density at radius 3 is 2.84 bits per heavy atom. The standard InChI is InChI=1S/C31H34N2O4/c1-5-15-33-16-14-30-27-22-9-10-24(34)28(27)37-29(30)23(12-13-31(30,36)25(33)18-22)32(4)26(35)11-8-21-7-6-19(2)20(3)17-21/h5-7,9-10,17,23,25,29,34,36H,1,12-16,18H2,2-4H3/t23-,25+,29-,30-,31+/m0/s1. The van der Waals surface area contributed by atoms with Crippen LogP contribution in [0.1, 0.15) is 47.1 Å². The van der Waals surface area contributed by atoms with Crippen molar-refractivity contribution < 1.29 is 19.7 Å². The van der Waals surface area contributed by atoms with Gasteiger partial charge in [-0.05, 0) is 81.0 Å². The minimum absolute atomic E-state index is 0.0696. The summed E-state index contributed by atoms with van der Waals surface area (Å²) < 4.78 is 6.55. The van der Waals surface area contributed by atoms with Gasteiger partial charge in [0.1, 0.15) is 6.10 Å². The van der Waals surface area contributed by atoms with Gasteiger partial charge in [0.05, 0.1) is 17.1 Å². The second kappa shape index (κ2) is 8.37. The second-order valence-corrected chi connectivity index (χ2v) is 11.2. The molecule has 5 atom stereocenters. The van der Waals surface area contributed by atoms with Crippen molar-refractivity contribution in [2.75, 3.05) is 20.1 Å². The summed E-state index contributed by atoms with van der Waals surface area (Å²) in [5, 5.41) is 23.2. The molecule has 37 heavy (non-hydrogen) atoms. The number of amides is 1. The molecular weight excluding hydrogens is 464 g/mol. The largest absolute Gasteiger partial charge is 0.504 e. The fraction of sp³-hybridized carbons (Fsp3) is 0.452. The molecule has 1 saturated carbocycles. The summed E-state index contributed by atoms with van der Waals surface area (Å²) in [7, 11) is 1.78. The lowest BCUT2D eigenvalue weighted by molar-refractivity contribution is -0.197. The zero-order chi connectivity index (χ0) is 26.1. The third-order valence-corrected chi connectivity index (χ3v) is 9.54. The second-order valence-electron chi connectivity index (χ2n) is 11.2.